The second kappa shape index (κ2) is 7.48. The molecule has 7 heteroatoms. The van der Waals surface area contributed by atoms with E-state index in [1.807, 2.05) is 30.5 Å². The summed E-state index contributed by atoms with van der Waals surface area (Å²) in [5.74, 6) is -1.25. The van der Waals surface area contributed by atoms with E-state index in [1.54, 1.807) is 6.07 Å². The molecule has 0 spiro atoms. The van der Waals surface area contributed by atoms with Gasteiger partial charge in [-0.05, 0) is 24.1 Å². The number of amides is 1. The molecule has 0 aliphatic heterocycles. The Kier molecular flexibility index (Phi) is 4.94. The zero-order valence-electron chi connectivity index (χ0n) is 13.4. The summed E-state index contributed by atoms with van der Waals surface area (Å²) < 4.78 is 5.25. The van der Waals surface area contributed by atoms with E-state index in [9.17, 15) is 14.8 Å². The number of benzene rings is 1. The second-order valence-corrected chi connectivity index (χ2v) is 5.45. The van der Waals surface area contributed by atoms with Crippen LogP contribution in [0.25, 0.3) is 10.9 Å². The first-order valence-electron chi connectivity index (χ1n) is 7.82. The van der Waals surface area contributed by atoms with E-state index < -0.39 is 18.5 Å². The molecule has 2 N–H and O–H groups in total. The highest BCUT2D eigenvalue weighted by molar-refractivity contribution is 5.88. The lowest BCUT2D eigenvalue weighted by molar-refractivity contribution is -0.608. The zero-order valence-corrected chi connectivity index (χ0v) is 13.4. The lowest BCUT2D eigenvalue weighted by atomic mass is 10.1. The minimum Gasteiger partial charge on any atom is -0.618 e. The molecular weight excluding hydrogens is 322 g/mol. The van der Waals surface area contributed by atoms with Crippen LogP contribution in [0.4, 0.5) is 0 Å². The molecule has 25 heavy (non-hydrogen) atoms. The Labute approximate surface area is 143 Å². The lowest BCUT2D eigenvalue weighted by Crippen LogP contribution is -2.36. The van der Waals surface area contributed by atoms with Crippen LogP contribution >= 0.6 is 0 Å². The maximum absolute atomic E-state index is 11.8. The number of esters is 1. The quantitative estimate of drug-likeness (QED) is 0.402. The molecule has 0 saturated carbocycles. The van der Waals surface area contributed by atoms with Crippen molar-refractivity contribution in [1.82, 2.24) is 10.3 Å². The van der Waals surface area contributed by atoms with Crippen molar-refractivity contribution in [2.75, 3.05) is 13.2 Å². The van der Waals surface area contributed by atoms with Crippen LogP contribution in [0, 0.1) is 5.21 Å². The molecule has 0 aliphatic carbocycles. The van der Waals surface area contributed by atoms with Crippen LogP contribution in [-0.4, -0.2) is 30.0 Å². The van der Waals surface area contributed by atoms with Gasteiger partial charge in [-0.1, -0.05) is 18.2 Å². The zero-order chi connectivity index (χ0) is 17.6. The average molecular weight is 339 g/mol. The normalized spacial score (nSPS) is 10.6. The van der Waals surface area contributed by atoms with Gasteiger partial charge in [-0.15, -0.1) is 0 Å². The maximum Gasteiger partial charge on any atom is 0.405 e. The summed E-state index contributed by atoms with van der Waals surface area (Å²) in [4.78, 5) is 26.7. The van der Waals surface area contributed by atoms with Crippen LogP contribution in [0.1, 0.15) is 16.1 Å². The molecule has 3 aromatic rings. The minimum absolute atomic E-state index is 0.158. The van der Waals surface area contributed by atoms with Gasteiger partial charge in [0.15, 0.2) is 12.8 Å². The first-order valence-corrected chi connectivity index (χ1v) is 7.82. The van der Waals surface area contributed by atoms with Gasteiger partial charge in [0.25, 0.3) is 5.91 Å². The number of carbonyl (C=O) groups is 2. The molecular formula is C18H17N3O4. The molecule has 1 aromatic carbocycles. The molecule has 2 aromatic heterocycles. The number of fused-ring (bicyclic) bond motifs is 1. The van der Waals surface area contributed by atoms with Crippen molar-refractivity contribution in [2.45, 2.75) is 6.42 Å². The Morgan fingerprint density at radius 2 is 1.96 bits per heavy atom. The second-order valence-electron chi connectivity index (χ2n) is 5.45. The molecule has 0 radical (unpaired) electrons. The van der Waals surface area contributed by atoms with Crippen LogP contribution in [-0.2, 0) is 16.0 Å². The van der Waals surface area contributed by atoms with Gasteiger partial charge in [-0.2, -0.15) is 4.73 Å². The van der Waals surface area contributed by atoms with E-state index in [1.165, 1.54) is 18.3 Å². The summed E-state index contributed by atoms with van der Waals surface area (Å²) in [5.41, 5.74) is 1.99. The number of pyridine rings is 1. The highest BCUT2D eigenvalue weighted by Crippen LogP contribution is 2.17. The van der Waals surface area contributed by atoms with Crippen molar-refractivity contribution in [3.05, 3.63) is 71.3 Å². The van der Waals surface area contributed by atoms with Gasteiger partial charge in [-0.3, -0.25) is 4.79 Å². The molecule has 0 saturated heterocycles. The number of hydrogen-bond acceptors (Lipinski definition) is 4. The van der Waals surface area contributed by atoms with E-state index in [0.29, 0.717) is 17.7 Å². The molecule has 128 valence electrons. The Morgan fingerprint density at radius 1 is 1.16 bits per heavy atom. The van der Waals surface area contributed by atoms with E-state index in [0.717, 1.165) is 16.5 Å². The fraction of sp³-hybridized carbons (Fsp3) is 0.167. The summed E-state index contributed by atoms with van der Waals surface area (Å²) >= 11 is 0. The minimum atomic E-state index is -0.831. The van der Waals surface area contributed by atoms with E-state index in [4.69, 9.17) is 4.74 Å². The Morgan fingerprint density at radius 3 is 2.80 bits per heavy atom. The molecule has 0 fully saturated rings. The molecule has 0 bridgehead atoms. The Balaban J connectivity index is 1.45. The van der Waals surface area contributed by atoms with Crippen LogP contribution in [0.3, 0.4) is 0 Å². The highest BCUT2D eigenvalue weighted by Gasteiger charge is 2.17. The largest absolute Gasteiger partial charge is 0.618 e. The Bertz CT molecular complexity index is 904. The molecule has 1 amide bonds. The van der Waals surface area contributed by atoms with E-state index in [-0.39, 0.29) is 5.69 Å². The first kappa shape index (κ1) is 16.5. The summed E-state index contributed by atoms with van der Waals surface area (Å²) in [7, 11) is 0. The smallest absolute Gasteiger partial charge is 0.405 e. The van der Waals surface area contributed by atoms with Gasteiger partial charge in [-0.25, -0.2) is 4.79 Å². The number of H-pyrrole nitrogens is 1. The van der Waals surface area contributed by atoms with Crippen LogP contribution in [0.15, 0.2) is 54.9 Å². The predicted molar refractivity (Wildman–Crippen MR) is 90.7 cm³/mol. The maximum atomic E-state index is 11.8. The van der Waals surface area contributed by atoms with Gasteiger partial charge in [0.2, 0.25) is 0 Å². The van der Waals surface area contributed by atoms with E-state index >= 15 is 0 Å². The number of aromatic nitrogens is 2. The average Bonchev–Trinajstić information content (AvgIpc) is 3.03. The van der Waals surface area contributed by atoms with Crippen molar-refractivity contribution in [2.24, 2.45) is 0 Å². The SMILES string of the molecule is O=C(COC(=O)c1cccc[n+]1[O-])NCCc1c[nH]c2ccccc12. The monoisotopic (exact) mass is 339 g/mol. The van der Waals surface area contributed by atoms with Crippen molar-refractivity contribution < 1.29 is 19.1 Å². The van der Waals surface area contributed by atoms with Gasteiger partial charge in [0.1, 0.15) is 0 Å². The van der Waals surface area contributed by atoms with Crippen molar-refractivity contribution in [1.29, 1.82) is 0 Å². The number of para-hydroxylation sites is 1. The molecule has 0 atom stereocenters. The summed E-state index contributed by atoms with van der Waals surface area (Å²) in [6, 6.07) is 12.3. The highest BCUT2D eigenvalue weighted by atomic mass is 16.5. The van der Waals surface area contributed by atoms with Crippen molar-refractivity contribution >= 4 is 22.8 Å². The summed E-state index contributed by atoms with van der Waals surface area (Å²) in [6.45, 7) is -0.00721. The number of hydrogen-bond donors (Lipinski definition) is 2. The summed E-state index contributed by atoms with van der Waals surface area (Å²) in [6.07, 6.45) is 3.76. The standard InChI is InChI=1S/C18H17N3O4/c22-17(12-25-18(23)16-7-3-4-10-21(16)24)19-9-8-13-11-20-15-6-2-1-5-14(13)15/h1-7,10-11,20H,8-9,12H2,(H,19,22). The third-order valence-electron chi connectivity index (χ3n) is 3.76. The number of ether oxygens (including phenoxy) is 1. The first-order chi connectivity index (χ1) is 12.1. The van der Waals surface area contributed by atoms with Gasteiger partial charge in [0, 0.05) is 35.8 Å². The molecule has 2 heterocycles. The number of nitrogens with one attached hydrogen (secondary N) is 2. The third-order valence-corrected chi connectivity index (χ3v) is 3.76. The fourth-order valence-corrected chi connectivity index (χ4v) is 2.52. The predicted octanol–water partition coefficient (Wildman–Crippen LogP) is 1.32. The molecule has 3 rings (SSSR count). The van der Waals surface area contributed by atoms with E-state index in [2.05, 4.69) is 10.3 Å². The van der Waals surface area contributed by atoms with Gasteiger partial charge in [0.05, 0.1) is 0 Å². The van der Waals surface area contributed by atoms with Crippen LogP contribution < -0.4 is 10.0 Å². The number of rotatable bonds is 6. The fourth-order valence-electron chi connectivity index (χ4n) is 2.52. The number of nitrogens with zero attached hydrogens (tertiary/aromatic N) is 1. The molecule has 0 unspecified atom stereocenters. The molecule has 7 nitrogen and oxygen atoms in total. The van der Waals surface area contributed by atoms with Crippen LogP contribution in [0.5, 0.6) is 0 Å². The van der Waals surface area contributed by atoms with Crippen molar-refractivity contribution in [3.63, 3.8) is 0 Å². The number of carbonyl (C=O) groups excluding carboxylic acids is 2. The van der Waals surface area contributed by atoms with Crippen LogP contribution in [0.2, 0.25) is 0 Å². The molecule has 0 aliphatic rings. The lowest BCUT2D eigenvalue weighted by Gasteiger charge is -2.06. The topological polar surface area (TPSA) is 98.1 Å². The Hall–Kier alpha value is -3.35. The van der Waals surface area contributed by atoms with Gasteiger partial charge >= 0.3 is 11.7 Å². The van der Waals surface area contributed by atoms with Crippen molar-refractivity contribution in [3.8, 4) is 0 Å². The van der Waals surface area contributed by atoms with Gasteiger partial charge < -0.3 is 20.2 Å². The number of aromatic amines is 1. The summed E-state index contributed by atoms with van der Waals surface area (Å²) in [5, 5.41) is 15.2. The third kappa shape index (κ3) is 3.95.